The third-order valence-corrected chi connectivity index (χ3v) is 4.07. The fraction of sp³-hybridized carbons (Fsp3) is 0.727. The first-order valence-electron chi connectivity index (χ1n) is 5.64. The first-order valence-corrected chi connectivity index (χ1v) is 6.52. The van der Waals surface area contributed by atoms with Crippen LogP contribution < -0.4 is 11.1 Å². The van der Waals surface area contributed by atoms with Crippen molar-refractivity contribution < 1.29 is 0 Å². The number of rotatable bonds is 4. The molecule has 1 aliphatic rings. The van der Waals surface area contributed by atoms with Gasteiger partial charge in [0.25, 0.3) is 0 Å². The van der Waals surface area contributed by atoms with Crippen molar-refractivity contribution in [2.75, 3.05) is 6.54 Å². The largest absolute Gasteiger partial charge is 0.328 e. The number of hydrogen-bond donors (Lipinski definition) is 2. The van der Waals surface area contributed by atoms with Gasteiger partial charge in [-0.25, -0.2) is 4.98 Å². The fourth-order valence-electron chi connectivity index (χ4n) is 2.18. The van der Waals surface area contributed by atoms with E-state index < -0.39 is 0 Å². The number of thiazole rings is 1. The predicted octanol–water partition coefficient (Wildman–Crippen LogP) is 1.92. The molecule has 0 aromatic carbocycles. The lowest BCUT2D eigenvalue weighted by Gasteiger charge is -2.15. The molecule has 4 heteroatoms. The van der Waals surface area contributed by atoms with Gasteiger partial charge in [-0.3, -0.25) is 0 Å². The summed E-state index contributed by atoms with van der Waals surface area (Å²) in [6.45, 7) is 3.25. The third kappa shape index (κ3) is 3.00. The Morgan fingerprint density at radius 1 is 1.67 bits per heavy atom. The summed E-state index contributed by atoms with van der Waals surface area (Å²) >= 11 is 1.72. The Morgan fingerprint density at radius 3 is 3.13 bits per heavy atom. The van der Waals surface area contributed by atoms with Crippen LogP contribution in [-0.2, 0) is 0 Å². The van der Waals surface area contributed by atoms with Crippen molar-refractivity contribution in [2.24, 2.45) is 11.7 Å². The molecule has 0 bridgehead atoms. The Bertz CT molecular complexity index is 286. The predicted molar refractivity (Wildman–Crippen MR) is 63.8 cm³/mol. The molecule has 0 aliphatic heterocycles. The summed E-state index contributed by atoms with van der Waals surface area (Å²) in [5, 5.41) is 6.74. The standard InChI is InChI=1S/C11H19N3S/c1-8(11-13-4-5-15-11)14-7-9-2-3-10(12)6-9/h4-5,8-10,14H,2-3,6-7,12H2,1H3. The number of aromatic nitrogens is 1. The van der Waals surface area contributed by atoms with E-state index >= 15 is 0 Å². The molecule has 1 aliphatic carbocycles. The molecule has 0 radical (unpaired) electrons. The second-order valence-corrected chi connectivity index (χ2v) is 5.37. The minimum atomic E-state index is 0.377. The smallest absolute Gasteiger partial charge is 0.109 e. The summed E-state index contributed by atoms with van der Waals surface area (Å²) in [6, 6.07) is 0.814. The molecule has 0 saturated heterocycles. The van der Waals surface area contributed by atoms with Gasteiger partial charge in [-0.1, -0.05) is 0 Å². The lowest BCUT2D eigenvalue weighted by molar-refractivity contribution is 0.447. The highest BCUT2D eigenvalue weighted by Crippen LogP contribution is 2.24. The van der Waals surface area contributed by atoms with Gasteiger partial charge >= 0.3 is 0 Å². The van der Waals surface area contributed by atoms with Gasteiger partial charge in [-0.2, -0.15) is 0 Å². The van der Waals surface area contributed by atoms with E-state index in [9.17, 15) is 0 Å². The zero-order chi connectivity index (χ0) is 10.7. The highest BCUT2D eigenvalue weighted by molar-refractivity contribution is 7.09. The average Bonchev–Trinajstić information content (AvgIpc) is 2.84. The van der Waals surface area contributed by atoms with Gasteiger partial charge in [0.1, 0.15) is 5.01 Å². The Labute approximate surface area is 95.1 Å². The van der Waals surface area contributed by atoms with Crippen LogP contribution in [0.1, 0.15) is 37.2 Å². The SMILES string of the molecule is CC(NCC1CCC(N)C1)c1nccs1. The van der Waals surface area contributed by atoms with Gasteiger partial charge in [-0.15, -0.1) is 11.3 Å². The zero-order valence-electron chi connectivity index (χ0n) is 9.15. The summed E-state index contributed by atoms with van der Waals surface area (Å²) in [7, 11) is 0. The topological polar surface area (TPSA) is 50.9 Å². The number of hydrogen-bond acceptors (Lipinski definition) is 4. The Hall–Kier alpha value is -0.450. The Kier molecular flexibility index (Phi) is 3.72. The summed E-state index contributed by atoms with van der Waals surface area (Å²) in [5.74, 6) is 0.766. The molecule has 15 heavy (non-hydrogen) atoms. The van der Waals surface area contributed by atoms with Crippen LogP contribution in [0.4, 0.5) is 0 Å². The lowest BCUT2D eigenvalue weighted by atomic mass is 10.1. The summed E-state index contributed by atoms with van der Waals surface area (Å²) in [6.07, 6.45) is 5.51. The molecule has 3 N–H and O–H groups in total. The molecule has 2 rings (SSSR count). The lowest BCUT2D eigenvalue weighted by Crippen LogP contribution is -2.25. The Balaban J connectivity index is 1.74. The van der Waals surface area contributed by atoms with Crippen LogP contribution in [0.3, 0.4) is 0 Å². The van der Waals surface area contributed by atoms with Gasteiger partial charge in [0.2, 0.25) is 0 Å². The highest BCUT2D eigenvalue weighted by atomic mass is 32.1. The van der Waals surface area contributed by atoms with Crippen LogP contribution in [0.2, 0.25) is 0 Å². The van der Waals surface area contributed by atoms with E-state index in [4.69, 9.17) is 5.73 Å². The van der Waals surface area contributed by atoms with E-state index in [1.165, 1.54) is 24.3 Å². The van der Waals surface area contributed by atoms with Gasteiger partial charge in [0.15, 0.2) is 0 Å². The molecule has 1 fully saturated rings. The molecule has 1 aromatic rings. The Morgan fingerprint density at radius 2 is 2.53 bits per heavy atom. The summed E-state index contributed by atoms with van der Waals surface area (Å²) in [4.78, 5) is 4.31. The first kappa shape index (κ1) is 11.0. The van der Waals surface area contributed by atoms with Crippen molar-refractivity contribution in [2.45, 2.75) is 38.3 Å². The van der Waals surface area contributed by atoms with Crippen molar-refractivity contribution in [1.29, 1.82) is 0 Å². The zero-order valence-corrected chi connectivity index (χ0v) is 9.96. The van der Waals surface area contributed by atoms with Crippen molar-refractivity contribution >= 4 is 11.3 Å². The fourth-order valence-corrected chi connectivity index (χ4v) is 2.85. The normalized spacial score (nSPS) is 28.1. The minimum absolute atomic E-state index is 0.377. The number of nitrogens with zero attached hydrogens (tertiary/aromatic N) is 1. The molecule has 3 unspecified atom stereocenters. The van der Waals surface area contributed by atoms with Crippen molar-refractivity contribution in [3.63, 3.8) is 0 Å². The summed E-state index contributed by atoms with van der Waals surface area (Å²) in [5.41, 5.74) is 5.89. The number of nitrogens with one attached hydrogen (secondary N) is 1. The van der Waals surface area contributed by atoms with Gasteiger partial charge in [0.05, 0.1) is 6.04 Å². The third-order valence-electron chi connectivity index (χ3n) is 3.12. The monoisotopic (exact) mass is 225 g/mol. The van der Waals surface area contributed by atoms with Crippen molar-refractivity contribution in [3.8, 4) is 0 Å². The van der Waals surface area contributed by atoms with E-state index in [-0.39, 0.29) is 0 Å². The average molecular weight is 225 g/mol. The van der Waals surface area contributed by atoms with E-state index in [1.807, 2.05) is 11.6 Å². The van der Waals surface area contributed by atoms with Crippen LogP contribution in [-0.4, -0.2) is 17.6 Å². The summed E-state index contributed by atoms with van der Waals surface area (Å²) < 4.78 is 0. The molecule has 3 atom stereocenters. The van der Waals surface area contributed by atoms with E-state index in [0.29, 0.717) is 12.1 Å². The van der Waals surface area contributed by atoms with Gasteiger partial charge < -0.3 is 11.1 Å². The van der Waals surface area contributed by atoms with E-state index in [0.717, 1.165) is 12.5 Å². The molecular weight excluding hydrogens is 206 g/mol. The second kappa shape index (κ2) is 5.05. The van der Waals surface area contributed by atoms with Gasteiger partial charge in [-0.05, 0) is 38.6 Å². The maximum Gasteiger partial charge on any atom is 0.109 e. The molecule has 0 amide bonds. The highest BCUT2D eigenvalue weighted by Gasteiger charge is 2.22. The quantitative estimate of drug-likeness (QED) is 0.823. The molecule has 1 aromatic heterocycles. The van der Waals surface area contributed by atoms with Crippen molar-refractivity contribution in [1.82, 2.24) is 10.3 Å². The van der Waals surface area contributed by atoms with Crippen molar-refractivity contribution in [3.05, 3.63) is 16.6 Å². The van der Waals surface area contributed by atoms with Crippen LogP contribution >= 0.6 is 11.3 Å². The molecular formula is C11H19N3S. The molecule has 1 heterocycles. The van der Waals surface area contributed by atoms with Crippen LogP contribution in [0, 0.1) is 5.92 Å². The second-order valence-electron chi connectivity index (χ2n) is 4.44. The molecule has 0 spiro atoms. The van der Waals surface area contributed by atoms with Gasteiger partial charge in [0, 0.05) is 17.6 Å². The number of nitrogens with two attached hydrogens (primary N) is 1. The van der Waals surface area contributed by atoms with E-state index in [1.54, 1.807) is 11.3 Å². The maximum absolute atomic E-state index is 5.89. The van der Waals surface area contributed by atoms with Crippen LogP contribution in [0.15, 0.2) is 11.6 Å². The maximum atomic E-state index is 5.89. The van der Waals surface area contributed by atoms with E-state index in [2.05, 4.69) is 17.2 Å². The molecule has 1 saturated carbocycles. The molecule has 84 valence electrons. The minimum Gasteiger partial charge on any atom is -0.328 e. The first-order chi connectivity index (χ1) is 7.25. The van der Waals surface area contributed by atoms with Crippen LogP contribution in [0.25, 0.3) is 0 Å². The van der Waals surface area contributed by atoms with Crippen LogP contribution in [0.5, 0.6) is 0 Å². The molecule has 3 nitrogen and oxygen atoms in total.